The summed E-state index contributed by atoms with van der Waals surface area (Å²) in [5.74, 6) is 2.18. The Morgan fingerprint density at radius 1 is 1.00 bits per heavy atom. The Morgan fingerprint density at radius 2 is 1.69 bits per heavy atom. The van der Waals surface area contributed by atoms with E-state index in [1.54, 1.807) is 12.1 Å². The van der Waals surface area contributed by atoms with Gasteiger partial charge in [-0.25, -0.2) is 5.43 Å². The van der Waals surface area contributed by atoms with E-state index in [-0.39, 0.29) is 5.91 Å². The molecule has 0 aliphatic carbocycles. The van der Waals surface area contributed by atoms with Crippen LogP contribution >= 0.6 is 27.7 Å². The molecule has 0 atom stereocenters. The Bertz CT molecular complexity index is 876. The van der Waals surface area contributed by atoms with Crippen molar-refractivity contribution in [1.82, 2.24) is 5.43 Å². The van der Waals surface area contributed by atoms with Crippen molar-refractivity contribution in [2.75, 3.05) is 0 Å². The average Bonchev–Trinajstić information content (AvgIpc) is 3.08. The van der Waals surface area contributed by atoms with Gasteiger partial charge < -0.3 is 4.42 Å². The van der Waals surface area contributed by atoms with Gasteiger partial charge in [-0.1, -0.05) is 42.5 Å². The zero-order valence-corrected chi connectivity index (χ0v) is 16.3. The monoisotopic (exact) mass is 428 g/mol. The van der Waals surface area contributed by atoms with Gasteiger partial charge in [-0.05, 0) is 51.3 Å². The van der Waals surface area contributed by atoms with E-state index in [0.717, 1.165) is 11.5 Å². The number of benzene rings is 2. The zero-order valence-electron chi connectivity index (χ0n) is 13.9. The fourth-order valence-corrected chi connectivity index (χ4v) is 3.51. The third kappa shape index (κ3) is 5.61. The molecule has 4 nitrogen and oxygen atoms in total. The summed E-state index contributed by atoms with van der Waals surface area (Å²) >= 11 is 5.06. The van der Waals surface area contributed by atoms with Crippen molar-refractivity contribution in [1.29, 1.82) is 0 Å². The molecule has 0 aliphatic rings. The maximum Gasteiger partial charge on any atom is 0.271 e. The summed E-state index contributed by atoms with van der Waals surface area (Å²) in [6.45, 7) is 0. The molecule has 0 unspecified atom stereocenters. The lowest BCUT2D eigenvalue weighted by Crippen LogP contribution is -2.17. The van der Waals surface area contributed by atoms with E-state index in [2.05, 4.69) is 50.7 Å². The van der Waals surface area contributed by atoms with Gasteiger partial charge in [0.1, 0.15) is 5.76 Å². The quantitative estimate of drug-likeness (QED) is 0.413. The van der Waals surface area contributed by atoms with Crippen LogP contribution < -0.4 is 5.43 Å². The van der Waals surface area contributed by atoms with Crippen LogP contribution in [-0.2, 0) is 11.5 Å². The molecule has 2 aromatic carbocycles. The molecule has 6 heteroatoms. The molecule has 0 saturated heterocycles. The molecular formula is C20H17BrN2O2S. The first kappa shape index (κ1) is 18.5. The van der Waals surface area contributed by atoms with E-state index in [4.69, 9.17) is 4.42 Å². The lowest BCUT2D eigenvalue weighted by atomic mass is 10.1. The number of furan rings is 1. The molecule has 1 heterocycles. The summed E-state index contributed by atoms with van der Waals surface area (Å²) in [6.07, 6.45) is 1.46. The van der Waals surface area contributed by atoms with Crippen LogP contribution in [0.1, 0.15) is 27.2 Å². The van der Waals surface area contributed by atoms with Crippen LogP contribution in [0.25, 0.3) is 0 Å². The van der Waals surface area contributed by atoms with E-state index < -0.39 is 0 Å². The molecule has 3 aromatic rings. The Hall–Kier alpha value is -2.31. The van der Waals surface area contributed by atoms with Crippen molar-refractivity contribution in [2.24, 2.45) is 5.10 Å². The first-order chi connectivity index (χ1) is 12.7. The van der Waals surface area contributed by atoms with Crippen LogP contribution in [0.2, 0.25) is 0 Å². The second-order valence-electron chi connectivity index (χ2n) is 5.52. The SMILES string of the molecule is O=C(N/N=C\c1ccc(Br)o1)c1ccc(CSCc2ccccc2)cc1. The largest absolute Gasteiger partial charge is 0.448 e. The van der Waals surface area contributed by atoms with Crippen molar-refractivity contribution in [3.8, 4) is 0 Å². The minimum atomic E-state index is -0.254. The van der Waals surface area contributed by atoms with Crippen molar-refractivity contribution >= 4 is 39.8 Å². The highest BCUT2D eigenvalue weighted by Gasteiger charge is 2.04. The number of nitrogens with one attached hydrogen (secondary N) is 1. The standard InChI is InChI=1S/C20H17BrN2O2S/c21-19-11-10-18(25-19)12-22-23-20(24)17-8-6-16(7-9-17)14-26-13-15-4-2-1-3-5-15/h1-12H,13-14H2,(H,23,24)/b22-12-. The van der Waals surface area contributed by atoms with Crippen LogP contribution in [0.4, 0.5) is 0 Å². The molecule has 26 heavy (non-hydrogen) atoms. The number of halogens is 1. The number of thioether (sulfide) groups is 1. The molecule has 0 aliphatic heterocycles. The Balaban J connectivity index is 1.47. The predicted octanol–water partition coefficient (Wildman–Crippen LogP) is 5.24. The predicted molar refractivity (Wildman–Crippen MR) is 109 cm³/mol. The van der Waals surface area contributed by atoms with E-state index in [9.17, 15) is 4.79 Å². The van der Waals surface area contributed by atoms with Crippen LogP contribution in [0.15, 0.2) is 80.9 Å². The molecule has 132 valence electrons. The number of rotatable bonds is 7. The first-order valence-corrected chi connectivity index (χ1v) is 9.95. The van der Waals surface area contributed by atoms with Crippen molar-refractivity contribution in [3.05, 3.63) is 93.9 Å². The molecular weight excluding hydrogens is 412 g/mol. The van der Waals surface area contributed by atoms with Gasteiger partial charge in [-0.2, -0.15) is 16.9 Å². The molecule has 0 fully saturated rings. The van der Waals surface area contributed by atoms with Gasteiger partial charge in [-0.15, -0.1) is 0 Å². The summed E-state index contributed by atoms with van der Waals surface area (Å²) in [6, 6.07) is 21.5. The zero-order chi connectivity index (χ0) is 18.2. The molecule has 1 aromatic heterocycles. The molecule has 1 amide bonds. The molecule has 0 spiro atoms. The van der Waals surface area contributed by atoms with Crippen LogP contribution in [0.5, 0.6) is 0 Å². The lowest BCUT2D eigenvalue weighted by Gasteiger charge is -2.04. The van der Waals surface area contributed by atoms with Crippen molar-refractivity contribution in [3.63, 3.8) is 0 Å². The van der Waals surface area contributed by atoms with Gasteiger partial charge in [0.25, 0.3) is 5.91 Å². The molecule has 0 bridgehead atoms. The summed E-state index contributed by atoms with van der Waals surface area (Å²) in [5, 5.41) is 3.89. The van der Waals surface area contributed by atoms with Gasteiger partial charge >= 0.3 is 0 Å². The Labute approximate surface area is 164 Å². The average molecular weight is 429 g/mol. The highest BCUT2D eigenvalue weighted by molar-refractivity contribution is 9.10. The van der Waals surface area contributed by atoms with E-state index in [0.29, 0.717) is 16.0 Å². The molecule has 0 saturated carbocycles. The maximum atomic E-state index is 12.1. The number of carbonyl (C=O) groups excluding carboxylic acids is 1. The Kier molecular flexibility index (Phi) is 6.68. The topological polar surface area (TPSA) is 54.6 Å². The number of carbonyl (C=O) groups is 1. The second kappa shape index (κ2) is 9.40. The molecule has 0 radical (unpaired) electrons. The molecule has 1 N–H and O–H groups in total. The number of amides is 1. The summed E-state index contributed by atoms with van der Waals surface area (Å²) in [5.41, 5.74) is 5.56. The smallest absolute Gasteiger partial charge is 0.271 e. The molecule has 3 rings (SSSR count). The fraction of sp³-hybridized carbons (Fsp3) is 0.100. The second-order valence-corrected chi connectivity index (χ2v) is 7.28. The summed E-state index contributed by atoms with van der Waals surface area (Å²) < 4.78 is 5.89. The minimum absolute atomic E-state index is 0.254. The Morgan fingerprint density at radius 3 is 2.35 bits per heavy atom. The van der Waals surface area contributed by atoms with Gasteiger partial charge in [0, 0.05) is 17.1 Å². The maximum absolute atomic E-state index is 12.1. The normalized spacial score (nSPS) is 11.0. The third-order valence-corrected chi connectivity index (χ3v) is 5.05. The number of nitrogens with zero attached hydrogens (tertiary/aromatic N) is 1. The number of hydrogen-bond donors (Lipinski definition) is 1. The first-order valence-electron chi connectivity index (χ1n) is 8.00. The van der Waals surface area contributed by atoms with E-state index >= 15 is 0 Å². The third-order valence-electron chi connectivity index (χ3n) is 3.55. The van der Waals surface area contributed by atoms with Crippen molar-refractivity contribution in [2.45, 2.75) is 11.5 Å². The van der Waals surface area contributed by atoms with E-state index in [1.165, 1.54) is 17.3 Å². The van der Waals surface area contributed by atoms with Gasteiger partial charge in [0.05, 0.1) is 6.21 Å². The van der Waals surface area contributed by atoms with Crippen molar-refractivity contribution < 1.29 is 9.21 Å². The summed E-state index contributed by atoms with van der Waals surface area (Å²) in [7, 11) is 0. The van der Waals surface area contributed by atoms with Crippen LogP contribution in [0, 0.1) is 0 Å². The highest BCUT2D eigenvalue weighted by Crippen LogP contribution is 2.18. The van der Waals surface area contributed by atoms with Crippen LogP contribution in [-0.4, -0.2) is 12.1 Å². The van der Waals surface area contributed by atoms with Gasteiger partial charge in [0.15, 0.2) is 4.67 Å². The van der Waals surface area contributed by atoms with Gasteiger partial charge in [-0.3, -0.25) is 4.79 Å². The van der Waals surface area contributed by atoms with Crippen LogP contribution in [0.3, 0.4) is 0 Å². The minimum Gasteiger partial charge on any atom is -0.448 e. The fourth-order valence-electron chi connectivity index (χ4n) is 2.23. The summed E-state index contributed by atoms with van der Waals surface area (Å²) in [4.78, 5) is 12.1. The number of hydrogen-bond acceptors (Lipinski definition) is 4. The highest BCUT2D eigenvalue weighted by atomic mass is 79.9. The van der Waals surface area contributed by atoms with Gasteiger partial charge in [0.2, 0.25) is 0 Å². The van der Waals surface area contributed by atoms with E-state index in [1.807, 2.05) is 42.1 Å². The lowest BCUT2D eigenvalue weighted by molar-refractivity contribution is 0.0955. The number of hydrazone groups is 1.